The van der Waals surface area contributed by atoms with Gasteiger partial charge in [-0.05, 0) is 57.4 Å². The SMILES string of the molecule is CC1(C)CC2(CCCN2C(=O)c2ccn(C(F)F)n2)CN1c1cccc(F)c1. The number of likely N-dealkylation sites (tertiary alicyclic amines) is 1. The maximum atomic E-state index is 13.8. The first kappa shape index (κ1) is 18.8. The van der Waals surface area contributed by atoms with Gasteiger partial charge in [0, 0.05) is 30.5 Å². The molecule has 0 aliphatic carbocycles. The number of nitrogens with zero attached hydrogens (tertiary/aromatic N) is 4. The standard InChI is InChI=1S/C20H23F3N4O/c1-19(2)12-20(13-26(19)15-6-3-5-14(21)11-15)8-4-9-25(20)17(28)16-7-10-27(24-16)18(22)23/h3,5-7,10-11,18H,4,8-9,12-13H2,1-2H3. The van der Waals surface area contributed by atoms with Crippen molar-refractivity contribution in [2.24, 2.45) is 0 Å². The first-order valence-electron chi connectivity index (χ1n) is 9.40. The largest absolute Gasteiger partial charge is 0.364 e. The van der Waals surface area contributed by atoms with Gasteiger partial charge in [-0.2, -0.15) is 13.9 Å². The van der Waals surface area contributed by atoms with Crippen LogP contribution >= 0.6 is 0 Å². The van der Waals surface area contributed by atoms with Crippen LogP contribution in [0.3, 0.4) is 0 Å². The van der Waals surface area contributed by atoms with E-state index < -0.39 is 12.1 Å². The van der Waals surface area contributed by atoms with Gasteiger partial charge in [-0.3, -0.25) is 4.79 Å². The van der Waals surface area contributed by atoms with Gasteiger partial charge in [0.1, 0.15) is 5.82 Å². The van der Waals surface area contributed by atoms with Crippen molar-refractivity contribution in [2.45, 2.75) is 50.7 Å². The van der Waals surface area contributed by atoms with E-state index in [1.54, 1.807) is 11.0 Å². The lowest BCUT2D eigenvalue weighted by Gasteiger charge is -2.35. The minimum Gasteiger partial charge on any atom is -0.364 e. The molecule has 2 aliphatic heterocycles. The highest BCUT2D eigenvalue weighted by Gasteiger charge is 2.55. The molecule has 1 aromatic heterocycles. The number of alkyl halides is 2. The first-order valence-corrected chi connectivity index (χ1v) is 9.40. The molecule has 1 aromatic carbocycles. The predicted molar refractivity (Wildman–Crippen MR) is 98.9 cm³/mol. The van der Waals surface area contributed by atoms with Crippen molar-refractivity contribution in [3.63, 3.8) is 0 Å². The van der Waals surface area contributed by atoms with Crippen LogP contribution in [0.4, 0.5) is 18.9 Å². The maximum Gasteiger partial charge on any atom is 0.333 e. The third-order valence-electron chi connectivity index (χ3n) is 5.93. The van der Waals surface area contributed by atoms with Crippen LogP contribution in [0, 0.1) is 5.82 Å². The summed E-state index contributed by atoms with van der Waals surface area (Å²) in [4.78, 5) is 17.0. The molecule has 2 aromatic rings. The summed E-state index contributed by atoms with van der Waals surface area (Å²) in [5.41, 5.74) is 0.118. The summed E-state index contributed by atoms with van der Waals surface area (Å²) >= 11 is 0. The average molecular weight is 392 g/mol. The Morgan fingerprint density at radius 1 is 1.25 bits per heavy atom. The summed E-state index contributed by atoms with van der Waals surface area (Å²) in [6.45, 7) is 2.53. The molecule has 2 fully saturated rings. The zero-order chi connectivity index (χ0) is 20.1. The molecule has 1 spiro atoms. The van der Waals surface area contributed by atoms with Gasteiger partial charge in [0.25, 0.3) is 5.91 Å². The van der Waals surface area contributed by atoms with Crippen LogP contribution in [-0.2, 0) is 0 Å². The van der Waals surface area contributed by atoms with Crippen LogP contribution < -0.4 is 4.90 Å². The number of hydrogen-bond acceptors (Lipinski definition) is 3. The van der Waals surface area contributed by atoms with Gasteiger partial charge in [0.2, 0.25) is 0 Å². The van der Waals surface area contributed by atoms with E-state index in [-0.39, 0.29) is 23.0 Å². The highest BCUT2D eigenvalue weighted by atomic mass is 19.3. The normalized spacial score (nSPS) is 23.9. The fourth-order valence-electron chi connectivity index (χ4n) is 4.85. The van der Waals surface area contributed by atoms with Crippen LogP contribution in [0.1, 0.15) is 50.1 Å². The molecule has 0 bridgehead atoms. The van der Waals surface area contributed by atoms with Crippen molar-refractivity contribution in [3.05, 3.63) is 48.0 Å². The van der Waals surface area contributed by atoms with E-state index in [1.165, 1.54) is 18.2 Å². The second-order valence-electron chi connectivity index (χ2n) is 8.30. The molecule has 0 N–H and O–H groups in total. The number of anilines is 1. The third kappa shape index (κ3) is 3.04. The number of aromatic nitrogens is 2. The second-order valence-corrected chi connectivity index (χ2v) is 8.30. The maximum absolute atomic E-state index is 13.8. The van der Waals surface area contributed by atoms with Gasteiger partial charge in [-0.1, -0.05) is 6.07 Å². The Labute approximate surface area is 161 Å². The van der Waals surface area contributed by atoms with Crippen molar-refractivity contribution in [1.82, 2.24) is 14.7 Å². The van der Waals surface area contributed by atoms with Crippen LogP contribution in [0.5, 0.6) is 0 Å². The van der Waals surface area contributed by atoms with E-state index in [1.807, 2.05) is 6.07 Å². The fraction of sp³-hybridized carbons (Fsp3) is 0.500. The Hall–Kier alpha value is -2.51. The number of halogens is 3. The summed E-state index contributed by atoms with van der Waals surface area (Å²) in [7, 11) is 0. The van der Waals surface area contributed by atoms with Gasteiger partial charge in [-0.25, -0.2) is 9.07 Å². The Balaban J connectivity index is 1.64. The van der Waals surface area contributed by atoms with Crippen molar-refractivity contribution in [2.75, 3.05) is 18.0 Å². The van der Waals surface area contributed by atoms with Crippen LogP contribution in [0.2, 0.25) is 0 Å². The summed E-state index contributed by atoms with van der Waals surface area (Å²) < 4.78 is 39.9. The number of benzene rings is 1. The third-order valence-corrected chi connectivity index (χ3v) is 5.93. The van der Waals surface area contributed by atoms with Crippen LogP contribution in [-0.4, -0.2) is 44.8 Å². The van der Waals surface area contributed by atoms with Crippen molar-refractivity contribution < 1.29 is 18.0 Å². The summed E-state index contributed by atoms with van der Waals surface area (Å²) in [5, 5.41) is 3.75. The Kier molecular flexibility index (Phi) is 4.39. The van der Waals surface area contributed by atoms with E-state index in [0.29, 0.717) is 17.8 Å². The second kappa shape index (κ2) is 6.53. The first-order chi connectivity index (χ1) is 13.2. The van der Waals surface area contributed by atoms with Crippen molar-refractivity contribution in [1.29, 1.82) is 0 Å². The van der Waals surface area contributed by atoms with Crippen LogP contribution in [0.25, 0.3) is 0 Å². The molecule has 0 saturated carbocycles. The van der Waals surface area contributed by atoms with E-state index in [2.05, 4.69) is 23.8 Å². The molecule has 28 heavy (non-hydrogen) atoms. The minimum atomic E-state index is -2.78. The minimum absolute atomic E-state index is 0.0311. The highest BCUT2D eigenvalue weighted by molar-refractivity contribution is 5.93. The fourth-order valence-corrected chi connectivity index (χ4v) is 4.85. The molecular formula is C20H23F3N4O. The number of hydrogen-bond donors (Lipinski definition) is 0. The molecule has 1 amide bonds. The molecule has 1 atom stereocenters. The lowest BCUT2D eigenvalue weighted by molar-refractivity contribution is 0.0529. The predicted octanol–water partition coefficient (Wildman–Crippen LogP) is 4.08. The lowest BCUT2D eigenvalue weighted by atomic mass is 9.87. The van der Waals surface area contributed by atoms with Gasteiger partial charge in [0.05, 0.1) is 5.54 Å². The van der Waals surface area contributed by atoms with Crippen molar-refractivity contribution in [3.8, 4) is 0 Å². The monoisotopic (exact) mass is 392 g/mol. The van der Waals surface area contributed by atoms with Crippen molar-refractivity contribution >= 4 is 11.6 Å². The van der Waals surface area contributed by atoms with E-state index in [4.69, 9.17) is 0 Å². The number of amides is 1. The molecule has 4 rings (SSSR count). The number of carbonyl (C=O) groups is 1. The topological polar surface area (TPSA) is 41.4 Å². The van der Waals surface area contributed by atoms with E-state index >= 15 is 0 Å². The van der Waals surface area contributed by atoms with Gasteiger partial charge in [0.15, 0.2) is 5.69 Å². The van der Waals surface area contributed by atoms with Gasteiger partial charge >= 0.3 is 6.55 Å². The molecule has 150 valence electrons. The molecule has 1 unspecified atom stereocenters. The quantitative estimate of drug-likeness (QED) is 0.790. The Morgan fingerprint density at radius 2 is 2.04 bits per heavy atom. The molecule has 2 saturated heterocycles. The van der Waals surface area contributed by atoms with Gasteiger partial charge < -0.3 is 9.80 Å². The molecule has 2 aliphatic rings. The molecule has 3 heterocycles. The molecular weight excluding hydrogens is 369 g/mol. The summed E-state index contributed by atoms with van der Waals surface area (Å²) in [6, 6.07) is 7.81. The number of rotatable bonds is 3. The average Bonchev–Trinajstić information content (AvgIpc) is 3.32. The van der Waals surface area contributed by atoms with Gasteiger partial charge in [-0.15, -0.1) is 0 Å². The summed E-state index contributed by atoms with van der Waals surface area (Å²) in [5.74, 6) is -0.625. The lowest BCUT2D eigenvalue weighted by Crippen LogP contribution is -2.49. The highest BCUT2D eigenvalue weighted by Crippen LogP contribution is 2.47. The molecule has 8 heteroatoms. The molecule has 5 nitrogen and oxygen atoms in total. The van der Waals surface area contributed by atoms with Crippen LogP contribution in [0.15, 0.2) is 36.5 Å². The Bertz CT molecular complexity index is 897. The summed E-state index contributed by atoms with van der Waals surface area (Å²) in [6.07, 6.45) is 3.51. The van der Waals surface area contributed by atoms with E-state index in [9.17, 15) is 18.0 Å². The molecule has 0 radical (unpaired) electrons. The van der Waals surface area contributed by atoms with E-state index in [0.717, 1.165) is 31.1 Å². The zero-order valence-corrected chi connectivity index (χ0v) is 15.9. The number of carbonyl (C=O) groups excluding carboxylic acids is 1. The zero-order valence-electron chi connectivity index (χ0n) is 15.9. The Morgan fingerprint density at radius 3 is 2.71 bits per heavy atom. The smallest absolute Gasteiger partial charge is 0.333 e.